The lowest BCUT2D eigenvalue weighted by molar-refractivity contribution is 0.0696. The van der Waals surface area contributed by atoms with E-state index in [9.17, 15) is 4.79 Å². The molecule has 0 spiro atoms. The van der Waals surface area contributed by atoms with Gasteiger partial charge in [0.25, 0.3) is 0 Å². The fourth-order valence-corrected chi connectivity index (χ4v) is 3.00. The summed E-state index contributed by atoms with van der Waals surface area (Å²) >= 11 is 0. The van der Waals surface area contributed by atoms with E-state index in [1.54, 1.807) is 0 Å². The Labute approximate surface area is 119 Å². The molecular weight excluding hydrogens is 254 g/mol. The highest BCUT2D eigenvalue weighted by Crippen LogP contribution is 2.32. The van der Waals surface area contributed by atoms with Crippen LogP contribution < -0.4 is 10.6 Å². The van der Waals surface area contributed by atoms with Crippen molar-refractivity contribution in [1.82, 2.24) is 4.98 Å². The lowest BCUT2D eigenvalue weighted by atomic mass is 9.84. The highest BCUT2D eigenvalue weighted by Gasteiger charge is 2.25. The van der Waals surface area contributed by atoms with Crippen LogP contribution in [0.15, 0.2) is 12.3 Å². The summed E-state index contributed by atoms with van der Waals surface area (Å²) in [5.74, 6) is 0.538. The molecule has 20 heavy (non-hydrogen) atoms. The second-order valence-electron chi connectivity index (χ2n) is 5.64. The summed E-state index contributed by atoms with van der Waals surface area (Å²) in [4.78, 5) is 17.2. The summed E-state index contributed by atoms with van der Waals surface area (Å²) in [5.41, 5.74) is 6.52. The topological polar surface area (TPSA) is 79.5 Å². The molecule has 0 bridgehead atoms. The molecule has 1 aromatic heterocycles. The molecule has 0 atom stereocenters. The molecule has 1 heterocycles. The van der Waals surface area contributed by atoms with E-state index in [0.717, 1.165) is 18.8 Å². The molecule has 0 radical (unpaired) electrons. The van der Waals surface area contributed by atoms with E-state index in [1.807, 2.05) is 7.05 Å². The summed E-state index contributed by atoms with van der Waals surface area (Å²) in [5, 5.41) is 8.93. The molecule has 1 aromatic rings. The van der Waals surface area contributed by atoms with Crippen molar-refractivity contribution < 1.29 is 9.90 Å². The zero-order valence-corrected chi connectivity index (χ0v) is 12.2. The monoisotopic (exact) mass is 277 g/mol. The van der Waals surface area contributed by atoms with Crippen LogP contribution >= 0.6 is 0 Å². The fraction of sp³-hybridized carbons (Fsp3) is 0.600. The van der Waals surface area contributed by atoms with Crippen molar-refractivity contribution in [3.63, 3.8) is 0 Å². The third-order valence-electron chi connectivity index (χ3n) is 4.42. The minimum atomic E-state index is -0.998. The normalized spacial score (nSPS) is 22.5. The van der Waals surface area contributed by atoms with Crippen LogP contribution in [0.5, 0.6) is 0 Å². The first kappa shape index (κ1) is 14.6. The number of nitrogen functional groups attached to an aromatic ring is 1. The molecule has 0 unspecified atom stereocenters. The number of aromatic nitrogens is 1. The Bertz CT molecular complexity index is 482. The SMILES string of the molecule is CCC1CCC(N(C)c2ncc(C(=O)O)cc2N)CC1. The van der Waals surface area contributed by atoms with Gasteiger partial charge in [-0.05, 0) is 37.7 Å². The predicted octanol–water partition coefficient (Wildman–Crippen LogP) is 2.77. The maximum atomic E-state index is 10.9. The Morgan fingerprint density at radius 2 is 2.10 bits per heavy atom. The summed E-state index contributed by atoms with van der Waals surface area (Å²) in [6.45, 7) is 2.25. The van der Waals surface area contributed by atoms with Crippen molar-refractivity contribution in [3.8, 4) is 0 Å². The van der Waals surface area contributed by atoms with Gasteiger partial charge in [-0.25, -0.2) is 9.78 Å². The highest BCUT2D eigenvalue weighted by atomic mass is 16.4. The Morgan fingerprint density at radius 3 is 2.60 bits per heavy atom. The molecule has 1 saturated carbocycles. The first-order valence-electron chi connectivity index (χ1n) is 7.24. The van der Waals surface area contributed by atoms with Crippen LogP contribution in [0.1, 0.15) is 49.4 Å². The predicted molar refractivity (Wildman–Crippen MR) is 80.0 cm³/mol. The number of aromatic carboxylic acids is 1. The van der Waals surface area contributed by atoms with Crippen LogP contribution in [0.2, 0.25) is 0 Å². The van der Waals surface area contributed by atoms with Gasteiger partial charge in [-0.3, -0.25) is 0 Å². The third kappa shape index (κ3) is 3.03. The zero-order valence-electron chi connectivity index (χ0n) is 12.2. The number of pyridine rings is 1. The number of carbonyl (C=O) groups is 1. The van der Waals surface area contributed by atoms with Gasteiger partial charge in [0.15, 0.2) is 5.82 Å². The summed E-state index contributed by atoms with van der Waals surface area (Å²) in [7, 11) is 2.00. The van der Waals surface area contributed by atoms with Crippen molar-refractivity contribution in [1.29, 1.82) is 0 Å². The number of hydrogen-bond donors (Lipinski definition) is 2. The van der Waals surface area contributed by atoms with Crippen molar-refractivity contribution in [2.75, 3.05) is 17.7 Å². The van der Waals surface area contributed by atoms with Crippen LogP contribution in [-0.4, -0.2) is 29.1 Å². The van der Waals surface area contributed by atoms with Gasteiger partial charge in [-0.15, -0.1) is 0 Å². The number of anilines is 2. The van der Waals surface area contributed by atoms with Crippen molar-refractivity contribution in [2.24, 2.45) is 5.92 Å². The molecule has 5 heteroatoms. The molecule has 1 aliphatic carbocycles. The van der Waals surface area contributed by atoms with Crippen LogP contribution in [-0.2, 0) is 0 Å². The Hall–Kier alpha value is -1.78. The number of carboxylic acids is 1. The van der Waals surface area contributed by atoms with Crippen molar-refractivity contribution in [3.05, 3.63) is 17.8 Å². The minimum absolute atomic E-state index is 0.134. The molecule has 2 rings (SSSR count). The van der Waals surface area contributed by atoms with Crippen LogP contribution in [0, 0.1) is 5.92 Å². The average molecular weight is 277 g/mol. The van der Waals surface area contributed by atoms with Crippen LogP contribution in [0.25, 0.3) is 0 Å². The fourth-order valence-electron chi connectivity index (χ4n) is 3.00. The number of hydrogen-bond acceptors (Lipinski definition) is 4. The molecule has 5 nitrogen and oxygen atoms in total. The van der Waals surface area contributed by atoms with Crippen molar-refractivity contribution in [2.45, 2.75) is 45.1 Å². The largest absolute Gasteiger partial charge is 0.478 e. The lowest BCUT2D eigenvalue weighted by Crippen LogP contribution is -2.36. The van der Waals surface area contributed by atoms with Gasteiger partial charge < -0.3 is 15.7 Å². The molecular formula is C15H23N3O2. The quantitative estimate of drug-likeness (QED) is 0.884. The highest BCUT2D eigenvalue weighted by molar-refractivity contribution is 5.89. The summed E-state index contributed by atoms with van der Waals surface area (Å²) in [6.07, 6.45) is 7.43. The van der Waals surface area contributed by atoms with Gasteiger partial charge in [0.1, 0.15) is 0 Å². The molecule has 3 N–H and O–H groups in total. The third-order valence-corrected chi connectivity index (χ3v) is 4.42. The molecule has 0 saturated heterocycles. The van der Waals surface area contributed by atoms with E-state index in [4.69, 9.17) is 10.8 Å². The molecule has 0 amide bonds. The van der Waals surface area contributed by atoms with E-state index in [-0.39, 0.29) is 5.56 Å². The Kier molecular flexibility index (Phi) is 4.47. The van der Waals surface area contributed by atoms with Gasteiger partial charge in [0, 0.05) is 19.3 Å². The maximum Gasteiger partial charge on any atom is 0.337 e. The van der Waals surface area contributed by atoms with E-state index < -0.39 is 5.97 Å². The first-order chi connectivity index (χ1) is 9.52. The van der Waals surface area contributed by atoms with Gasteiger partial charge in [-0.2, -0.15) is 0 Å². The maximum absolute atomic E-state index is 10.9. The zero-order chi connectivity index (χ0) is 14.7. The molecule has 1 fully saturated rings. The van der Waals surface area contributed by atoms with Gasteiger partial charge in [0.05, 0.1) is 11.3 Å². The summed E-state index contributed by atoms with van der Waals surface area (Å²) in [6, 6.07) is 1.93. The Balaban J connectivity index is 2.09. The number of nitrogens with zero attached hydrogens (tertiary/aromatic N) is 2. The van der Waals surface area contributed by atoms with Gasteiger partial charge in [0.2, 0.25) is 0 Å². The van der Waals surface area contributed by atoms with E-state index >= 15 is 0 Å². The standard InChI is InChI=1S/C15H23N3O2/c1-3-10-4-6-12(7-5-10)18(2)14-13(16)8-11(9-17-14)15(19)20/h8-10,12H,3-7,16H2,1-2H3,(H,19,20). The number of rotatable bonds is 4. The van der Waals surface area contributed by atoms with E-state index in [1.165, 1.54) is 31.5 Å². The molecule has 110 valence electrons. The van der Waals surface area contributed by atoms with Gasteiger partial charge in [-0.1, -0.05) is 13.3 Å². The molecule has 0 aromatic carbocycles. The molecule has 1 aliphatic rings. The van der Waals surface area contributed by atoms with E-state index in [2.05, 4.69) is 16.8 Å². The smallest absolute Gasteiger partial charge is 0.337 e. The number of nitrogens with two attached hydrogens (primary N) is 1. The average Bonchev–Trinajstić information content (AvgIpc) is 2.46. The lowest BCUT2D eigenvalue weighted by Gasteiger charge is -2.35. The van der Waals surface area contributed by atoms with Crippen molar-refractivity contribution >= 4 is 17.5 Å². The number of carboxylic acid groups (broad SMARTS) is 1. The van der Waals surface area contributed by atoms with E-state index in [0.29, 0.717) is 17.5 Å². The van der Waals surface area contributed by atoms with Gasteiger partial charge >= 0.3 is 5.97 Å². The summed E-state index contributed by atoms with van der Waals surface area (Å²) < 4.78 is 0. The second-order valence-corrected chi connectivity index (χ2v) is 5.64. The minimum Gasteiger partial charge on any atom is -0.478 e. The van der Waals surface area contributed by atoms with Crippen LogP contribution in [0.3, 0.4) is 0 Å². The van der Waals surface area contributed by atoms with Crippen LogP contribution in [0.4, 0.5) is 11.5 Å². The Morgan fingerprint density at radius 1 is 1.45 bits per heavy atom. The molecule has 0 aliphatic heterocycles. The first-order valence-corrected chi connectivity index (χ1v) is 7.24. The second kappa shape index (κ2) is 6.11.